The maximum Gasteiger partial charge on any atom is 0.125 e. The van der Waals surface area contributed by atoms with E-state index in [1.54, 1.807) is 12.1 Å². The van der Waals surface area contributed by atoms with Gasteiger partial charge in [0.15, 0.2) is 0 Å². The predicted octanol–water partition coefficient (Wildman–Crippen LogP) is 2.32. The van der Waals surface area contributed by atoms with Gasteiger partial charge in [-0.2, -0.15) is 0 Å². The Bertz CT molecular complexity index is 419. The summed E-state index contributed by atoms with van der Waals surface area (Å²) in [6.07, 6.45) is 4.63. The molecule has 0 aromatic heterocycles. The molecule has 3 heteroatoms. The van der Waals surface area contributed by atoms with E-state index in [9.17, 15) is 4.39 Å². The van der Waals surface area contributed by atoms with Crippen LogP contribution in [0.5, 0.6) is 0 Å². The van der Waals surface area contributed by atoms with Crippen molar-refractivity contribution in [2.24, 2.45) is 11.7 Å². The van der Waals surface area contributed by atoms with Crippen LogP contribution < -0.4 is 10.6 Å². The van der Waals surface area contributed by atoms with Gasteiger partial charge in [-0.05, 0) is 55.8 Å². The summed E-state index contributed by atoms with van der Waals surface area (Å²) < 4.78 is 13.4. The minimum Gasteiger partial charge on any atom is -0.368 e. The predicted molar refractivity (Wildman–Crippen MR) is 67.6 cm³/mol. The molecule has 2 N–H and O–H groups in total. The lowest BCUT2D eigenvalue weighted by Crippen LogP contribution is -2.50. The van der Waals surface area contributed by atoms with E-state index in [0.29, 0.717) is 12.0 Å². The normalized spacial score (nSPS) is 27.5. The minimum absolute atomic E-state index is 0.126. The Labute approximate surface area is 102 Å². The summed E-state index contributed by atoms with van der Waals surface area (Å²) in [5.74, 6) is 0.458. The van der Waals surface area contributed by atoms with Gasteiger partial charge in [0.2, 0.25) is 0 Å². The fourth-order valence-electron chi connectivity index (χ4n) is 3.42. The maximum atomic E-state index is 13.4. The van der Waals surface area contributed by atoms with Gasteiger partial charge in [-0.1, -0.05) is 6.07 Å². The lowest BCUT2D eigenvalue weighted by atomic mass is 9.82. The molecule has 1 fully saturated rings. The molecule has 2 heterocycles. The van der Waals surface area contributed by atoms with E-state index in [2.05, 4.69) is 4.90 Å². The number of nitrogens with zero attached hydrogens (tertiary/aromatic N) is 1. The van der Waals surface area contributed by atoms with Gasteiger partial charge >= 0.3 is 0 Å². The molecule has 0 aliphatic carbocycles. The van der Waals surface area contributed by atoms with Crippen molar-refractivity contribution in [3.05, 3.63) is 29.6 Å². The molecular formula is C14H19FN2. The monoisotopic (exact) mass is 234 g/mol. The number of hydrogen-bond acceptors (Lipinski definition) is 2. The first kappa shape index (κ1) is 11.0. The number of nitrogens with two attached hydrogens (primary N) is 1. The minimum atomic E-state index is -0.126. The van der Waals surface area contributed by atoms with Crippen molar-refractivity contribution >= 4 is 5.69 Å². The van der Waals surface area contributed by atoms with Crippen LogP contribution in [0.25, 0.3) is 0 Å². The first-order chi connectivity index (χ1) is 8.29. The van der Waals surface area contributed by atoms with Crippen molar-refractivity contribution in [3.8, 4) is 0 Å². The van der Waals surface area contributed by atoms with E-state index in [1.165, 1.54) is 24.8 Å². The van der Waals surface area contributed by atoms with Crippen LogP contribution in [0.15, 0.2) is 18.2 Å². The van der Waals surface area contributed by atoms with Crippen LogP contribution in [-0.2, 0) is 6.42 Å². The number of piperidine rings is 1. The van der Waals surface area contributed by atoms with Gasteiger partial charge < -0.3 is 10.6 Å². The smallest absolute Gasteiger partial charge is 0.125 e. The SMILES string of the molecule is NCC1CCCN2c3cc(F)ccc3CCC12. The second-order valence-electron chi connectivity index (χ2n) is 5.21. The summed E-state index contributed by atoms with van der Waals surface area (Å²) in [7, 11) is 0. The van der Waals surface area contributed by atoms with Crippen molar-refractivity contribution in [2.45, 2.75) is 31.7 Å². The van der Waals surface area contributed by atoms with Gasteiger partial charge in [-0.15, -0.1) is 0 Å². The Morgan fingerprint density at radius 3 is 3.06 bits per heavy atom. The van der Waals surface area contributed by atoms with Crippen LogP contribution in [0.2, 0.25) is 0 Å². The van der Waals surface area contributed by atoms with Crippen molar-refractivity contribution in [3.63, 3.8) is 0 Å². The number of benzene rings is 1. The van der Waals surface area contributed by atoms with E-state index in [1.807, 2.05) is 6.07 Å². The molecule has 1 saturated heterocycles. The first-order valence-corrected chi connectivity index (χ1v) is 6.54. The van der Waals surface area contributed by atoms with Crippen LogP contribution in [0.1, 0.15) is 24.8 Å². The third kappa shape index (κ3) is 1.82. The topological polar surface area (TPSA) is 29.3 Å². The van der Waals surface area contributed by atoms with Crippen LogP contribution in [0, 0.1) is 11.7 Å². The maximum absolute atomic E-state index is 13.4. The Hall–Kier alpha value is -1.09. The van der Waals surface area contributed by atoms with E-state index >= 15 is 0 Å². The molecule has 3 rings (SSSR count). The van der Waals surface area contributed by atoms with E-state index in [0.717, 1.165) is 25.2 Å². The Kier molecular flexibility index (Phi) is 2.79. The molecular weight excluding hydrogens is 215 g/mol. The van der Waals surface area contributed by atoms with Crippen LogP contribution in [0.4, 0.5) is 10.1 Å². The van der Waals surface area contributed by atoms with Gasteiger partial charge in [0, 0.05) is 18.3 Å². The molecule has 0 amide bonds. The molecule has 2 nitrogen and oxygen atoms in total. The molecule has 2 aliphatic heterocycles. The van der Waals surface area contributed by atoms with Crippen LogP contribution >= 0.6 is 0 Å². The quantitative estimate of drug-likeness (QED) is 0.808. The first-order valence-electron chi connectivity index (χ1n) is 6.54. The second kappa shape index (κ2) is 4.30. The zero-order valence-electron chi connectivity index (χ0n) is 10.0. The van der Waals surface area contributed by atoms with Crippen LogP contribution in [-0.4, -0.2) is 19.1 Å². The number of halogens is 1. The largest absolute Gasteiger partial charge is 0.368 e. The van der Waals surface area contributed by atoms with Crippen molar-refractivity contribution in [1.82, 2.24) is 0 Å². The molecule has 2 atom stereocenters. The number of hydrogen-bond donors (Lipinski definition) is 1. The lowest BCUT2D eigenvalue weighted by Gasteiger charge is -2.46. The Morgan fingerprint density at radius 1 is 1.35 bits per heavy atom. The van der Waals surface area contributed by atoms with Crippen molar-refractivity contribution < 1.29 is 4.39 Å². The van der Waals surface area contributed by atoms with Gasteiger partial charge in [0.05, 0.1) is 0 Å². The van der Waals surface area contributed by atoms with E-state index in [4.69, 9.17) is 5.73 Å². The zero-order valence-corrected chi connectivity index (χ0v) is 10.0. The van der Waals surface area contributed by atoms with Crippen LogP contribution in [0.3, 0.4) is 0 Å². The highest BCUT2D eigenvalue weighted by Gasteiger charge is 2.34. The molecule has 1 aromatic rings. The van der Waals surface area contributed by atoms with Gasteiger partial charge in [-0.25, -0.2) is 4.39 Å². The average molecular weight is 234 g/mol. The van der Waals surface area contributed by atoms with Gasteiger partial charge in [0.1, 0.15) is 5.82 Å². The summed E-state index contributed by atoms with van der Waals surface area (Å²) in [4.78, 5) is 2.39. The number of rotatable bonds is 1. The van der Waals surface area contributed by atoms with E-state index < -0.39 is 0 Å². The van der Waals surface area contributed by atoms with Crippen molar-refractivity contribution in [2.75, 3.05) is 18.0 Å². The zero-order chi connectivity index (χ0) is 11.8. The van der Waals surface area contributed by atoms with Crippen molar-refractivity contribution in [1.29, 1.82) is 0 Å². The molecule has 0 spiro atoms. The summed E-state index contributed by atoms with van der Waals surface area (Å²) in [6.45, 7) is 1.81. The van der Waals surface area contributed by atoms with Gasteiger partial charge in [-0.3, -0.25) is 0 Å². The third-order valence-electron chi connectivity index (χ3n) is 4.29. The highest BCUT2D eigenvalue weighted by atomic mass is 19.1. The number of anilines is 1. The second-order valence-corrected chi connectivity index (χ2v) is 5.21. The fraction of sp³-hybridized carbons (Fsp3) is 0.571. The highest BCUT2D eigenvalue weighted by Crippen LogP contribution is 2.37. The summed E-state index contributed by atoms with van der Waals surface area (Å²) in [6, 6.07) is 5.74. The van der Waals surface area contributed by atoms with Gasteiger partial charge in [0.25, 0.3) is 0 Å². The number of fused-ring (bicyclic) bond motifs is 3. The van der Waals surface area contributed by atoms with E-state index in [-0.39, 0.29) is 5.82 Å². The molecule has 92 valence electrons. The summed E-state index contributed by atoms with van der Waals surface area (Å²) in [5, 5.41) is 0. The third-order valence-corrected chi connectivity index (χ3v) is 4.29. The Morgan fingerprint density at radius 2 is 2.24 bits per heavy atom. The Balaban J connectivity index is 1.97. The molecule has 17 heavy (non-hydrogen) atoms. The molecule has 2 aliphatic rings. The molecule has 2 unspecified atom stereocenters. The fourth-order valence-corrected chi connectivity index (χ4v) is 3.42. The number of aryl methyl sites for hydroxylation is 1. The summed E-state index contributed by atoms with van der Waals surface area (Å²) in [5.41, 5.74) is 8.26. The lowest BCUT2D eigenvalue weighted by molar-refractivity contribution is 0.305. The molecule has 0 saturated carbocycles. The molecule has 0 radical (unpaired) electrons. The summed E-state index contributed by atoms with van der Waals surface area (Å²) >= 11 is 0. The molecule has 1 aromatic carbocycles. The highest BCUT2D eigenvalue weighted by molar-refractivity contribution is 5.57. The standard InChI is InChI=1S/C14H19FN2/c15-12-5-3-10-4-6-13-11(9-16)2-1-7-17(13)14(10)8-12/h3,5,8,11,13H,1-2,4,6-7,9,16H2. The average Bonchev–Trinajstić information content (AvgIpc) is 2.37. The molecule has 0 bridgehead atoms.